The van der Waals surface area contributed by atoms with E-state index >= 15 is 0 Å². The molecule has 1 unspecified atom stereocenters. The number of nitrogens with one attached hydrogen (secondary N) is 1. The van der Waals surface area contributed by atoms with Crippen molar-refractivity contribution < 1.29 is 9.53 Å². The van der Waals surface area contributed by atoms with E-state index in [0.717, 1.165) is 0 Å². The SMILES string of the molecule is CCn1cc(NC(=O)C(CN)OC)ccc1=O. The Morgan fingerprint density at radius 1 is 1.59 bits per heavy atom. The number of nitrogens with two attached hydrogens (primary N) is 1. The highest BCUT2D eigenvalue weighted by atomic mass is 16.5. The number of methoxy groups -OCH3 is 1. The number of rotatable bonds is 5. The first-order chi connectivity index (χ1) is 8.12. The fourth-order valence-corrected chi connectivity index (χ4v) is 1.39. The lowest BCUT2D eigenvalue weighted by Gasteiger charge is -2.13. The van der Waals surface area contributed by atoms with Gasteiger partial charge in [0.15, 0.2) is 0 Å². The average molecular weight is 239 g/mol. The van der Waals surface area contributed by atoms with E-state index in [1.807, 2.05) is 6.92 Å². The third-order valence-electron chi connectivity index (χ3n) is 2.38. The molecule has 0 radical (unpaired) electrons. The second-order valence-electron chi connectivity index (χ2n) is 3.49. The van der Waals surface area contributed by atoms with Crippen molar-refractivity contribution in [3.8, 4) is 0 Å². The van der Waals surface area contributed by atoms with Crippen LogP contribution in [0.3, 0.4) is 0 Å². The molecule has 1 aromatic rings. The molecule has 6 nitrogen and oxygen atoms in total. The molecule has 17 heavy (non-hydrogen) atoms. The highest BCUT2D eigenvalue weighted by molar-refractivity contribution is 5.94. The minimum atomic E-state index is -0.683. The predicted octanol–water partition coefficient (Wildman–Crippen LogP) is -0.220. The summed E-state index contributed by atoms with van der Waals surface area (Å²) in [6, 6.07) is 2.96. The van der Waals surface area contributed by atoms with Crippen LogP contribution in [0.4, 0.5) is 5.69 Å². The van der Waals surface area contributed by atoms with Crippen molar-refractivity contribution in [2.75, 3.05) is 19.0 Å². The van der Waals surface area contributed by atoms with E-state index < -0.39 is 6.10 Å². The zero-order valence-corrected chi connectivity index (χ0v) is 9.97. The summed E-state index contributed by atoms with van der Waals surface area (Å²) in [5.41, 5.74) is 5.82. The number of hydrogen-bond acceptors (Lipinski definition) is 4. The standard InChI is InChI=1S/C11H17N3O3/c1-3-14-7-8(4-5-10(14)15)13-11(16)9(6-12)17-2/h4-5,7,9H,3,6,12H2,1-2H3,(H,13,16). The van der Waals surface area contributed by atoms with Gasteiger partial charge in [-0.1, -0.05) is 0 Å². The molecule has 3 N–H and O–H groups in total. The first-order valence-corrected chi connectivity index (χ1v) is 5.36. The Bertz CT molecular complexity index is 438. The van der Waals surface area contributed by atoms with Crippen LogP contribution in [-0.4, -0.2) is 30.2 Å². The Hall–Kier alpha value is -1.66. The zero-order chi connectivity index (χ0) is 12.8. The van der Waals surface area contributed by atoms with Crippen molar-refractivity contribution in [3.05, 3.63) is 28.7 Å². The Labute approximate surface area is 99.4 Å². The van der Waals surface area contributed by atoms with E-state index in [9.17, 15) is 9.59 Å². The minimum absolute atomic E-state index is 0.104. The molecule has 1 rings (SSSR count). The number of carbonyl (C=O) groups excluding carboxylic acids is 1. The molecule has 0 saturated carbocycles. The minimum Gasteiger partial charge on any atom is -0.370 e. The van der Waals surface area contributed by atoms with Crippen LogP contribution >= 0.6 is 0 Å². The molecule has 94 valence electrons. The van der Waals surface area contributed by atoms with E-state index in [2.05, 4.69) is 5.32 Å². The molecule has 0 bridgehead atoms. The third-order valence-corrected chi connectivity index (χ3v) is 2.38. The van der Waals surface area contributed by atoms with Gasteiger partial charge in [0.2, 0.25) is 0 Å². The maximum absolute atomic E-state index is 11.7. The summed E-state index contributed by atoms with van der Waals surface area (Å²) in [4.78, 5) is 23.0. The van der Waals surface area contributed by atoms with Crippen LogP contribution < -0.4 is 16.6 Å². The van der Waals surface area contributed by atoms with Gasteiger partial charge in [-0.25, -0.2) is 0 Å². The molecule has 1 heterocycles. The van der Waals surface area contributed by atoms with Crippen LogP contribution in [0.15, 0.2) is 23.1 Å². The molecule has 1 aromatic heterocycles. The third kappa shape index (κ3) is 3.40. The number of amides is 1. The summed E-state index contributed by atoms with van der Waals surface area (Å²) in [7, 11) is 1.42. The number of nitrogens with zero attached hydrogens (tertiary/aromatic N) is 1. The molecular formula is C11H17N3O3. The Balaban J connectivity index is 2.81. The number of aromatic nitrogens is 1. The number of anilines is 1. The van der Waals surface area contributed by atoms with Gasteiger partial charge in [0.05, 0.1) is 5.69 Å². The van der Waals surface area contributed by atoms with Crippen LogP contribution in [0.25, 0.3) is 0 Å². The summed E-state index contributed by atoms with van der Waals surface area (Å²) < 4.78 is 6.41. The number of pyridine rings is 1. The summed E-state index contributed by atoms with van der Waals surface area (Å²) in [6.45, 7) is 2.51. The highest BCUT2D eigenvalue weighted by Crippen LogP contribution is 2.04. The lowest BCUT2D eigenvalue weighted by atomic mass is 10.3. The second kappa shape index (κ2) is 6.17. The monoisotopic (exact) mass is 239 g/mol. The van der Waals surface area contributed by atoms with Crippen molar-refractivity contribution in [2.45, 2.75) is 19.6 Å². The molecule has 0 fully saturated rings. The van der Waals surface area contributed by atoms with Gasteiger partial charge >= 0.3 is 0 Å². The number of ether oxygens (including phenoxy) is 1. The van der Waals surface area contributed by atoms with Gasteiger partial charge in [0, 0.05) is 32.5 Å². The molecule has 0 saturated heterocycles. The Morgan fingerprint density at radius 3 is 2.82 bits per heavy atom. The summed E-state index contributed by atoms with van der Waals surface area (Å²) in [5.74, 6) is -0.323. The van der Waals surface area contributed by atoms with Crippen molar-refractivity contribution in [1.29, 1.82) is 0 Å². The lowest BCUT2D eigenvalue weighted by molar-refractivity contribution is -0.125. The highest BCUT2D eigenvalue weighted by Gasteiger charge is 2.15. The van der Waals surface area contributed by atoms with Crippen LogP contribution in [0.5, 0.6) is 0 Å². The quantitative estimate of drug-likeness (QED) is 0.743. The first-order valence-electron chi connectivity index (χ1n) is 5.36. The van der Waals surface area contributed by atoms with Gasteiger partial charge < -0.3 is 20.4 Å². The van der Waals surface area contributed by atoms with Gasteiger partial charge in [-0.05, 0) is 13.0 Å². The topological polar surface area (TPSA) is 86.3 Å². The molecule has 1 atom stereocenters. The molecule has 0 aliphatic heterocycles. The maximum atomic E-state index is 11.7. The fraction of sp³-hybridized carbons (Fsp3) is 0.455. The zero-order valence-electron chi connectivity index (χ0n) is 9.97. The number of hydrogen-bond donors (Lipinski definition) is 2. The van der Waals surface area contributed by atoms with Gasteiger partial charge in [-0.15, -0.1) is 0 Å². The molecule has 6 heteroatoms. The smallest absolute Gasteiger partial charge is 0.254 e. The second-order valence-corrected chi connectivity index (χ2v) is 3.49. The Kier molecular flexibility index (Phi) is 4.86. The summed E-state index contributed by atoms with van der Waals surface area (Å²) in [6.07, 6.45) is 0.903. The average Bonchev–Trinajstić information content (AvgIpc) is 2.33. The molecular weight excluding hydrogens is 222 g/mol. The van der Waals surface area contributed by atoms with Crippen molar-refractivity contribution in [1.82, 2.24) is 4.57 Å². The van der Waals surface area contributed by atoms with Crippen LogP contribution in [0.1, 0.15) is 6.92 Å². The van der Waals surface area contributed by atoms with Crippen molar-refractivity contribution in [3.63, 3.8) is 0 Å². The lowest BCUT2D eigenvalue weighted by Crippen LogP contribution is -2.36. The van der Waals surface area contributed by atoms with E-state index in [1.165, 1.54) is 17.7 Å². The largest absolute Gasteiger partial charge is 0.370 e. The molecule has 0 aliphatic rings. The van der Waals surface area contributed by atoms with Crippen molar-refractivity contribution in [2.24, 2.45) is 5.73 Å². The van der Waals surface area contributed by atoms with Crippen molar-refractivity contribution >= 4 is 11.6 Å². The fourth-order valence-electron chi connectivity index (χ4n) is 1.39. The van der Waals surface area contributed by atoms with Crippen LogP contribution in [0, 0.1) is 0 Å². The summed E-state index contributed by atoms with van der Waals surface area (Å²) in [5, 5.41) is 2.64. The van der Waals surface area contributed by atoms with Crippen LogP contribution in [0.2, 0.25) is 0 Å². The van der Waals surface area contributed by atoms with E-state index in [1.54, 1.807) is 12.3 Å². The molecule has 0 aliphatic carbocycles. The number of aryl methyl sites for hydroxylation is 1. The van der Waals surface area contributed by atoms with Gasteiger partial charge in [-0.2, -0.15) is 0 Å². The van der Waals surface area contributed by atoms with Gasteiger partial charge in [0.25, 0.3) is 11.5 Å². The van der Waals surface area contributed by atoms with E-state index in [0.29, 0.717) is 12.2 Å². The Morgan fingerprint density at radius 2 is 2.29 bits per heavy atom. The van der Waals surface area contributed by atoms with Gasteiger partial charge in [0.1, 0.15) is 6.10 Å². The van der Waals surface area contributed by atoms with E-state index in [-0.39, 0.29) is 18.0 Å². The van der Waals surface area contributed by atoms with Gasteiger partial charge in [-0.3, -0.25) is 9.59 Å². The normalized spacial score (nSPS) is 12.2. The van der Waals surface area contributed by atoms with E-state index in [4.69, 9.17) is 10.5 Å². The number of carbonyl (C=O) groups is 1. The predicted molar refractivity (Wildman–Crippen MR) is 64.9 cm³/mol. The maximum Gasteiger partial charge on any atom is 0.254 e. The summed E-state index contributed by atoms with van der Waals surface area (Å²) >= 11 is 0. The molecule has 0 spiro atoms. The molecule has 1 amide bonds. The molecule has 0 aromatic carbocycles. The first kappa shape index (κ1) is 13.4. The van der Waals surface area contributed by atoms with Crippen LogP contribution in [-0.2, 0) is 16.1 Å².